The molecule has 2 rings (SSSR count). The Balaban J connectivity index is 1.83. The molecule has 0 bridgehead atoms. The third-order valence-electron chi connectivity index (χ3n) is 4.04. The number of amides is 2. The van der Waals surface area contributed by atoms with E-state index in [1.54, 1.807) is 30.0 Å². The maximum absolute atomic E-state index is 13.7. The van der Waals surface area contributed by atoms with Gasteiger partial charge in [-0.05, 0) is 24.6 Å². The summed E-state index contributed by atoms with van der Waals surface area (Å²) in [7, 11) is 3.46. The number of rotatable bonds is 5. The molecule has 6 nitrogen and oxygen atoms in total. The van der Waals surface area contributed by atoms with E-state index in [1.807, 2.05) is 4.90 Å². The van der Waals surface area contributed by atoms with E-state index in [0.29, 0.717) is 30.7 Å². The van der Waals surface area contributed by atoms with E-state index in [9.17, 15) is 14.0 Å². The molecule has 0 aromatic heterocycles. The first-order valence-electron chi connectivity index (χ1n) is 8.15. The third-order valence-corrected chi connectivity index (χ3v) is 4.54. The fourth-order valence-electron chi connectivity index (χ4n) is 2.53. The highest BCUT2D eigenvalue weighted by Gasteiger charge is 2.21. The normalized spacial score (nSPS) is 15.6. The van der Waals surface area contributed by atoms with Crippen molar-refractivity contribution in [3.63, 3.8) is 0 Å². The minimum absolute atomic E-state index is 0.0498. The van der Waals surface area contributed by atoms with Crippen LogP contribution in [-0.4, -0.2) is 79.9 Å². The van der Waals surface area contributed by atoms with Crippen LogP contribution in [-0.2, 0) is 9.59 Å². The molecule has 0 N–H and O–H groups in total. The van der Waals surface area contributed by atoms with Crippen molar-refractivity contribution in [2.24, 2.45) is 0 Å². The van der Waals surface area contributed by atoms with Gasteiger partial charge in [0.25, 0.3) is 5.91 Å². The van der Waals surface area contributed by atoms with E-state index in [1.165, 1.54) is 12.1 Å². The zero-order valence-corrected chi connectivity index (χ0v) is 16.1. The van der Waals surface area contributed by atoms with Gasteiger partial charge in [0.15, 0.2) is 18.2 Å². The van der Waals surface area contributed by atoms with Gasteiger partial charge >= 0.3 is 0 Å². The summed E-state index contributed by atoms with van der Waals surface area (Å²) in [6, 6.07) is 4.45. The second-order valence-corrected chi connectivity index (χ2v) is 7.08. The molecular formula is C17H23BrFN3O3. The van der Waals surface area contributed by atoms with E-state index in [2.05, 4.69) is 15.9 Å². The van der Waals surface area contributed by atoms with Crippen LogP contribution in [0.5, 0.6) is 5.75 Å². The van der Waals surface area contributed by atoms with Gasteiger partial charge in [-0.25, -0.2) is 4.39 Å². The molecule has 0 unspecified atom stereocenters. The molecule has 0 spiro atoms. The Morgan fingerprint density at radius 2 is 2.00 bits per heavy atom. The second kappa shape index (κ2) is 9.15. The van der Waals surface area contributed by atoms with Crippen LogP contribution >= 0.6 is 15.9 Å². The number of halogens is 2. The van der Waals surface area contributed by atoms with Crippen LogP contribution in [0.4, 0.5) is 4.39 Å². The van der Waals surface area contributed by atoms with Crippen LogP contribution in [0.1, 0.15) is 6.42 Å². The van der Waals surface area contributed by atoms with Crippen LogP contribution < -0.4 is 4.74 Å². The van der Waals surface area contributed by atoms with Gasteiger partial charge in [0.05, 0.1) is 6.54 Å². The van der Waals surface area contributed by atoms with E-state index in [0.717, 1.165) is 13.0 Å². The van der Waals surface area contributed by atoms with Crippen molar-refractivity contribution in [3.8, 4) is 5.75 Å². The summed E-state index contributed by atoms with van der Waals surface area (Å²) in [6.07, 6.45) is 0.791. The Kier molecular flexibility index (Phi) is 7.19. The highest BCUT2D eigenvalue weighted by molar-refractivity contribution is 9.10. The van der Waals surface area contributed by atoms with Gasteiger partial charge in [-0.15, -0.1) is 0 Å². The Morgan fingerprint density at radius 3 is 2.68 bits per heavy atom. The Morgan fingerprint density at radius 1 is 1.24 bits per heavy atom. The summed E-state index contributed by atoms with van der Waals surface area (Å²) in [6.45, 7) is 2.71. The molecule has 0 radical (unpaired) electrons. The first-order valence-corrected chi connectivity index (χ1v) is 8.94. The minimum Gasteiger partial charge on any atom is -0.481 e. The summed E-state index contributed by atoms with van der Waals surface area (Å²) in [5, 5.41) is 0. The predicted molar refractivity (Wildman–Crippen MR) is 95.9 cm³/mol. The van der Waals surface area contributed by atoms with E-state index in [-0.39, 0.29) is 24.2 Å². The fraction of sp³-hybridized carbons (Fsp3) is 0.529. The summed E-state index contributed by atoms with van der Waals surface area (Å²) in [5.41, 5.74) is 0. The number of likely N-dealkylation sites (N-methyl/N-ethyl adjacent to an activating group) is 1. The second-order valence-electron chi connectivity index (χ2n) is 6.16. The largest absolute Gasteiger partial charge is 0.481 e. The number of hydrogen-bond donors (Lipinski definition) is 0. The van der Waals surface area contributed by atoms with Crippen molar-refractivity contribution in [1.29, 1.82) is 0 Å². The van der Waals surface area contributed by atoms with Gasteiger partial charge in [0.1, 0.15) is 0 Å². The molecule has 1 heterocycles. The van der Waals surface area contributed by atoms with E-state index >= 15 is 0 Å². The SMILES string of the molecule is CN(C)C(=O)CN1CCCN(C(=O)COc2ccc(Br)cc2F)CC1. The number of carbonyl (C=O) groups is 2. The lowest BCUT2D eigenvalue weighted by atomic mass is 10.3. The lowest BCUT2D eigenvalue weighted by molar-refractivity contribution is -0.133. The van der Waals surface area contributed by atoms with Crippen LogP contribution in [0.2, 0.25) is 0 Å². The molecule has 1 aromatic rings. The smallest absolute Gasteiger partial charge is 0.260 e. The first kappa shape index (κ1) is 19.7. The van der Waals surface area contributed by atoms with Crippen molar-refractivity contribution in [2.75, 3.05) is 53.4 Å². The van der Waals surface area contributed by atoms with Crippen LogP contribution in [0.3, 0.4) is 0 Å². The molecule has 138 valence electrons. The van der Waals surface area contributed by atoms with Crippen molar-refractivity contribution in [1.82, 2.24) is 14.7 Å². The zero-order chi connectivity index (χ0) is 18.4. The quantitative estimate of drug-likeness (QED) is 0.732. The molecule has 25 heavy (non-hydrogen) atoms. The topological polar surface area (TPSA) is 53.1 Å². The van der Waals surface area contributed by atoms with Gasteiger partial charge in [0.2, 0.25) is 5.91 Å². The van der Waals surface area contributed by atoms with Gasteiger partial charge in [-0.3, -0.25) is 14.5 Å². The van der Waals surface area contributed by atoms with Crippen molar-refractivity contribution < 1.29 is 18.7 Å². The van der Waals surface area contributed by atoms with Crippen LogP contribution in [0, 0.1) is 5.82 Å². The average Bonchev–Trinajstić information content (AvgIpc) is 2.79. The summed E-state index contributed by atoms with van der Waals surface area (Å²) in [5.74, 6) is -0.576. The van der Waals surface area contributed by atoms with Crippen LogP contribution in [0.15, 0.2) is 22.7 Å². The minimum atomic E-state index is -0.508. The molecule has 1 saturated heterocycles. The molecule has 1 aliphatic heterocycles. The lowest BCUT2D eigenvalue weighted by Gasteiger charge is -2.22. The van der Waals surface area contributed by atoms with Crippen molar-refractivity contribution >= 4 is 27.7 Å². The van der Waals surface area contributed by atoms with Gasteiger partial charge < -0.3 is 14.5 Å². The van der Waals surface area contributed by atoms with E-state index < -0.39 is 5.82 Å². The number of carbonyl (C=O) groups excluding carboxylic acids is 2. The van der Waals surface area contributed by atoms with Crippen molar-refractivity contribution in [3.05, 3.63) is 28.5 Å². The Labute approximate surface area is 155 Å². The molecule has 1 fully saturated rings. The highest BCUT2D eigenvalue weighted by atomic mass is 79.9. The molecule has 2 amide bonds. The summed E-state index contributed by atoms with van der Waals surface area (Å²) < 4.78 is 19.6. The fourth-order valence-corrected chi connectivity index (χ4v) is 2.87. The maximum Gasteiger partial charge on any atom is 0.260 e. The first-order chi connectivity index (χ1) is 11.9. The van der Waals surface area contributed by atoms with Gasteiger partial charge in [-0.2, -0.15) is 0 Å². The monoisotopic (exact) mass is 415 g/mol. The summed E-state index contributed by atoms with van der Waals surface area (Å²) >= 11 is 3.18. The molecule has 8 heteroatoms. The van der Waals surface area contributed by atoms with E-state index in [4.69, 9.17) is 4.74 Å². The molecule has 0 saturated carbocycles. The number of nitrogens with zero attached hydrogens (tertiary/aromatic N) is 3. The lowest BCUT2D eigenvalue weighted by Crippen LogP contribution is -2.40. The molecule has 1 aliphatic rings. The number of benzene rings is 1. The Hall–Kier alpha value is -1.67. The molecule has 0 atom stereocenters. The average molecular weight is 416 g/mol. The molecule has 0 aliphatic carbocycles. The summed E-state index contributed by atoms with van der Waals surface area (Å²) in [4.78, 5) is 29.4. The Bertz CT molecular complexity index is 627. The van der Waals surface area contributed by atoms with Crippen molar-refractivity contribution in [2.45, 2.75) is 6.42 Å². The van der Waals surface area contributed by atoms with Crippen LogP contribution in [0.25, 0.3) is 0 Å². The van der Waals surface area contributed by atoms with Gasteiger partial charge in [-0.1, -0.05) is 15.9 Å². The highest BCUT2D eigenvalue weighted by Crippen LogP contribution is 2.21. The number of hydrogen-bond acceptors (Lipinski definition) is 4. The van der Waals surface area contributed by atoms with Gasteiger partial charge in [0, 0.05) is 44.7 Å². The standard InChI is InChI=1S/C17H23BrFN3O3/c1-20(2)16(23)11-21-6-3-7-22(9-8-21)17(24)12-25-15-5-4-13(18)10-14(15)19/h4-5,10H,3,6-9,11-12H2,1-2H3. The number of ether oxygens (including phenoxy) is 1. The zero-order valence-electron chi connectivity index (χ0n) is 14.5. The molecule has 1 aromatic carbocycles. The predicted octanol–water partition coefficient (Wildman–Crippen LogP) is 1.59. The maximum atomic E-state index is 13.7. The molecular weight excluding hydrogens is 393 g/mol. The third kappa shape index (κ3) is 5.97.